The van der Waals surface area contributed by atoms with E-state index in [2.05, 4.69) is 5.32 Å². The molecule has 11 nitrogen and oxygen atoms in total. The van der Waals surface area contributed by atoms with Gasteiger partial charge < -0.3 is 36.8 Å². The number of likely N-dealkylation sites (tertiary alicyclic amines) is 2. The fraction of sp³-hybridized carbons (Fsp3) is 0.778. The Hall–Kier alpha value is -2.24. The summed E-state index contributed by atoms with van der Waals surface area (Å²) in [7, 11) is 0. The topological polar surface area (TPSA) is 179 Å². The van der Waals surface area contributed by atoms with Gasteiger partial charge in [0.25, 0.3) is 0 Å². The van der Waals surface area contributed by atoms with Gasteiger partial charge >= 0.3 is 0 Å². The molecular formula is C18H31N5O6. The SMILES string of the molecule is C[C@@H](O)[C@H](N)C(=O)N1CC[C@H](C(=O)N2CCC[C@@H]2C(=O)N[C@H](C(N)=O)[C@@H](C)O)C1. The van der Waals surface area contributed by atoms with E-state index < -0.39 is 54.0 Å². The number of carbonyl (C=O) groups is 4. The number of nitrogens with one attached hydrogen (secondary N) is 1. The molecule has 0 aromatic heterocycles. The molecule has 0 saturated carbocycles. The number of hydrogen-bond acceptors (Lipinski definition) is 7. The Labute approximate surface area is 169 Å². The van der Waals surface area contributed by atoms with E-state index in [0.29, 0.717) is 32.4 Å². The minimum Gasteiger partial charge on any atom is -0.391 e. The summed E-state index contributed by atoms with van der Waals surface area (Å²) in [5.41, 5.74) is 10.9. The number of aliphatic hydroxyl groups is 2. The summed E-state index contributed by atoms with van der Waals surface area (Å²) in [6.07, 6.45) is -0.641. The first kappa shape index (κ1) is 23.0. The molecule has 11 heteroatoms. The molecule has 0 spiro atoms. The minimum absolute atomic E-state index is 0.181. The average Bonchev–Trinajstić information content (AvgIpc) is 3.32. The molecule has 0 aliphatic carbocycles. The first-order valence-electron chi connectivity index (χ1n) is 9.85. The third-order valence-electron chi connectivity index (χ3n) is 5.58. The van der Waals surface area contributed by atoms with Gasteiger partial charge in [0, 0.05) is 19.6 Å². The number of rotatable bonds is 7. The number of carbonyl (C=O) groups excluding carboxylic acids is 4. The van der Waals surface area contributed by atoms with E-state index in [9.17, 15) is 29.4 Å². The average molecular weight is 413 g/mol. The molecule has 0 aromatic rings. The molecule has 29 heavy (non-hydrogen) atoms. The second-order valence-corrected chi connectivity index (χ2v) is 7.86. The second-order valence-electron chi connectivity index (χ2n) is 7.86. The van der Waals surface area contributed by atoms with Crippen molar-refractivity contribution in [1.82, 2.24) is 15.1 Å². The Bertz CT molecular complexity index is 655. The van der Waals surface area contributed by atoms with Crippen LogP contribution in [0.15, 0.2) is 0 Å². The van der Waals surface area contributed by atoms with Crippen molar-refractivity contribution in [3.63, 3.8) is 0 Å². The molecule has 2 aliphatic rings. The third-order valence-corrected chi connectivity index (χ3v) is 5.58. The van der Waals surface area contributed by atoms with Crippen LogP contribution < -0.4 is 16.8 Å². The van der Waals surface area contributed by atoms with Crippen LogP contribution in [0, 0.1) is 5.92 Å². The van der Waals surface area contributed by atoms with E-state index in [0.717, 1.165) is 0 Å². The monoisotopic (exact) mass is 413 g/mol. The molecule has 0 unspecified atom stereocenters. The van der Waals surface area contributed by atoms with Crippen molar-refractivity contribution in [2.75, 3.05) is 19.6 Å². The third kappa shape index (κ3) is 5.22. The number of nitrogens with zero attached hydrogens (tertiary/aromatic N) is 2. The lowest BCUT2D eigenvalue weighted by molar-refractivity contribution is -0.142. The van der Waals surface area contributed by atoms with Crippen molar-refractivity contribution in [1.29, 1.82) is 0 Å². The summed E-state index contributed by atoms with van der Waals surface area (Å²) in [4.78, 5) is 52.2. The normalized spacial score (nSPS) is 26.0. The highest BCUT2D eigenvalue weighted by molar-refractivity contribution is 5.93. The summed E-state index contributed by atoms with van der Waals surface area (Å²) in [6, 6.07) is -3.03. The van der Waals surface area contributed by atoms with Crippen molar-refractivity contribution < 1.29 is 29.4 Å². The summed E-state index contributed by atoms with van der Waals surface area (Å²) >= 11 is 0. The van der Waals surface area contributed by atoms with Crippen molar-refractivity contribution >= 4 is 23.6 Å². The molecule has 0 bridgehead atoms. The van der Waals surface area contributed by atoms with E-state index in [1.54, 1.807) is 0 Å². The lowest BCUT2D eigenvalue weighted by Gasteiger charge is -2.28. The maximum atomic E-state index is 13.0. The zero-order valence-electron chi connectivity index (χ0n) is 16.8. The van der Waals surface area contributed by atoms with E-state index in [1.165, 1.54) is 23.6 Å². The minimum atomic E-state index is -1.23. The van der Waals surface area contributed by atoms with Gasteiger partial charge in [0.15, 0.2) is 0 Å². The van der Waals surface area contributed by atoms with Gasteiger partial charge in [-0.25, -0.2) is 0 Å². The number of amides is 4. The van der Waals surface area contributed by atoms with Crippen LogP contribution in [0.25, 0.3) is 0 Å². The summed E-state index contributed by atoms with van der Waals surface area (Å²) in [6.45, 7) is 3.70. The van der Waals surface area contributed by atoms with Gasteiger partial charge in [0.1, 0.15) is 18.1 Å². The Morgan fingerprint density at radius 3 is 2.28 bits per heavy atom. The molecule has 0 aromatic carbocycles. The summed E-state index contributed by atoms with van der Waals surface area (Å²) in [5.74, 6) is -2.51. The zero-order chi connectivity index (χ0) is 21.9. The van der Waals surface area contributed by atoms with E-state index >= 15 is 0 Å². The Morgan fingerprint density at radius 2 is 1.72 bits per heavy atom. The molecular weight excluding hydrogens is 382 g/mol. The van der Waals surface area contributed by atoms with Crippen LogP contribution in [0.2, 0.25) is 0 Å². The van der Waals surface area contributed by atoms with Gasteiger partial charge in [-0.2, -0.15) is 0 Å². The molecule has 164 valence electrons. The van der Waals surface area contributed by atoms with Gasteiger partial charge in [0.2, 0.25) is 23.6 Å². The van der Waals surface area contributed by atoms with Crippen LogP contribution in [-0.2, 0) is 19.2 Å². The Morgan fingerprint density at radius 1 is 1.07 bits per heavy atom. The number of hydrogen-bond donors (Lipinski definition) is 5. The number of nitrogens with two attached hydrogens (primary N) is 2. The molecule has 7 N–H and O–H groups in total. The number of aliphatic hydroxyl groups excluding tert-OH is 2. The lowest BCUT2D eigenvalue weighted by atomic mass is 10.1. The highest BCUT2D eigenvalue weighted by atomic mass is 16.3. The van der Waals surface area contributed by atoms with Crippen LogP contribution >= 0.6 is 0 Å². The van der Waals surface area contributed by atoms with E-state index in [4.69, 9.17) is 11.5 Å². The lowest BCUT2D eigenvalue weighted by Crippen LogP contribution is -2.56. The quantitative estimate of drug-likeness (QED) is 0.293. The van der Waals surface area contributed by atoms with Crippen LogP contribution in [0.3, 0.4) is 0 Å². The van der Waals surface area contributed by atoms with Crippen LogP contribution in [0.4, 0.5) is 0 Å². The highest BCUT2D eigenvalue weighted by Gasteiger charge is 2.41. The summed E-state index contributed by atoms with van der Waals surface area (Å²) in [5, 5.41) is 21.5. The molecule has 6 atom stereocenters. The smallest absolute Gasteiger partial charge is 0.243 e. The summed E-state index contributed by atoms with van der Waals surface area (Å²) < 4.78 is 0. The number of primary amides is 1. The fourth-order valence-corrected chi connectivity index (χ4v) is 3.80. The van der Waals surface area contributed by atoms with Gasteiger partial charge in [-0.3, -0.25) is 19.2 Å². The molecule has 2 fully saturated rings. The second kappa shape index (κ2) is 9.51. The van der Waals surface area contributed by atoms with E-state index in [1.807, 2.05) is 0 Å². The zero-order valence-corrected chi connectivity index (χ0v) is 16.8. The van der Waals surface area contributed by atoms with Crippen LogP contribution in [-0.4, -0.2) is 93.6 Å². The predicted octanol–water partition coefficient (Wildman–Crippen LogP) is -3.12. The van der Waals surface area contributed by atoms with Crippen molar-refractivity contribution in [3.05, 3.63) is 0 Å². The predicted molar refractivity (Wildman–Crippen MR) is 102 cm³/mol. The molecule has 2 saturated heterocycles. The van der Waals surface area contributed by atoms with E-state index in [-0.39, 0.29) is 12.5 Å². The first-order valence-corrected chi connectivity index (χ1v) is 9.85. The largest absolute Gasteiger partial charge is 0.391 e. The molecule has 0 radical (unpaired) electrons. The Kier molecular flexibility index (Phi) is 7.55. The van der Waals surface area contributed by atoms with Crippen molar-refractivity contribution in [3.8, 4) is 0 Å². The maximum absolute atomic E-state index is 13.0. The standard InChI is InChI=1S/C18H31N5O6/c1-9(24)13(19)18(29)22-7-5-11(8-22)17(28)23-6-3-4-12(23)16(27)21-14(10(2)25)15(20)26/h9-14,24-25H,3-8,19H2,1-2H3,(H2,20,26)(H,21,27)/t9-,10-,11+,12-,13+,14+/m1/s1. The van der Waals surface area contributed by atoms with Gasteiger partial charge in [-0.05, 0) is 33.1 Å². The molecule has 2 aliphatic heterocycles. The molecule has 4 amide bonds. The highest BCUT2D eigenvalue weighted by Crippen LogP contribution is 2.25. The van der Waals surface area contributed by atoms with Gasteiger partial charge in [-0.15, -0.1) is 0 Å². The molecule has 2 heterocycles. The van der Waals surface area contributed by atoms with Gasteiger partial charge in [-0.1, -0.05) is 0 Å². The Balaban J connectivity index is 2.00. The van der Waals surface area contributed by atoms with Crippen molar-refractivity contribution in [2.24, 2.45) is 17.4 Å². The van der Waals surface area contributed by atoms with Gasteiger partial charge in [0.05, 0.1) is 18.1 Å². The molecule has 2 rings (SSSR count). The van der Waals surface area contributed by atoms with Crippen molar-refractivity contribution in [2.45, 2.75) is 63.4 Å². The maximum Gasteiger partial charge on any atom is 0.243 e. The van der Waals surface area contributed by atoms with Crippen LogP contribution in [0.5, 0.6) is 0 Å². The first-order chi connectivity index (χ1) is 13.5. The van der Waals surface area contributed by atoms with Crippen LogP contribution in [0.1, 0.15) is 33.1 Å². The fourth-order valence-electron chi connectivity index (χ4n) is 3.80.